The molecule has 0 bridgehead atoms. The van der Waals surface area contributed by atoms with Crippen molar-refractivity contribution >= 4 is 16.0 Å². The Labute approximate surface area is 134 Å². The van der Waals surface area contributed by atoms with E-state index in [0.717, 1.165) is 12.1 Å². The molecule has 0 amide bonds. The average Bonchev–Trinajstić information content (AvgIpc) is 2.48. The van der Waals surface area contributed by atoms with E-state index < -0.39 is 39.5 Å². The summed E-state index contributed by atoms with van der Waals surface area (Å²) in [7, 11) is -3.80. The molecule has 1 aliphatic heterocycles. The van der Waals surface area contributed by atoms with Gasteiger partial charge in [0.1, 0.15) is 5.82 Å². The van der Waals surface area contributed by atoms with Crippen molar-refractivity contribution in [2.24, 2.45) is 5.92 Å². The highest BCUT2D eigenvalue weighted by Crippen LogP contribution is 2.28. The summed E-state index contributed by atoms with van der Waals surface area (Å²) in [6, 6.07) is 4.49. The third-order valence-electron chi connectivity index (χ3n) is 4.13. The number of carboxylic acid groups (broad SMARTS) is 1. The third-order valence-corrected chi connectivity index (χ3v) is 6.04. The summed E-state index contributed by atoms with van der Waals surface area (Å²) in [4.78, 5) is 11.2. The van der Waals surface area contributed by atoms with E-state index in [1.165, 1.54) is 10.4 Å². The lowest BCUT2D eigenvalue weighted by Gasteiger charge is -2.36. The Balaban J connectivity index is 2.29. The molecule has 8 heteroatoms. The van der Waals surface area contributed by atoms with Crippen LogP contribution in [0.25, 0.3) is 0 Å². The number of sulfonamides is 1. The summed E-state index contributed by atoms with van der Waals surface area (Å²) < 4.78 is 39.6. The van der Waals surface area contributed by atoms with E-state index in [-0.39, 0.29) is 17.7 Å². The summed E-state index contributed by atoms with van der Waals surface area (Å²) in [5.41, 5.74) is 0.173. The van der Waals surface area contributed by atoms with Crippen LogP contribution in [0, 0.1) is 23.1 Å². The maximum atomic E-state index is 13.1. The first-order chi connectivity index (χ1) is 10.8. The van der Waals surface area contributed by atoms with Crippen molar-refractivity contribution < 1.29 is 22.7 Å². The van der Waals surface area contributed by atoms with Crippen molar-refractivity contribution in [1.29, 1.82) is 5.26 Å². The number of carboxylic acids is 1. The summed E-state index contributed by atoms with van der Waals surface area (Å²) in [6.07, 6.45) is 0.900. The minimum atomic E-state index is -3.80. The van der Waals surface area contributed by atoms with Crippen LogP contribution in [-0.4, -0.2) is 36.4 Å². The fourth-order valence-electron chi connectivity index (χ4n) is 2.89. The number of benzene rings is 1. The van der Waals surface area contributed by atoms with Gasteiger partial charge in [0.15, 0.2) is 0 Å². The highest BCUT2D eigenvalue weighted by atomic mass is 32.2. The molecule has 1 aromatic rings. The van der Waals surface area contributed by atoms with Crippen LogP contribution in [0.2, 0.25) is 0 Å². The van der Waals surface area contributed by atoms with Crippen LogP contribution in [0.5, 0.6) is 0 Å². The van der Waals surface area contributed by atoms with Crippen LogP contribution >= 0.6 is 0 Å². The Hall–Kier alpha value is -1.98. The highest BCUT2D eigenvalue weighted by molar-refractivity contribution is 7.88. The predicted octanol–water partition coefficient (Wildman–Crippen LogP) is 1.71. The Morgan fingerprint density at radius 3 is 2.83 bits per heavy atom. The van der Waals surface area contributed by atoms with Crippen molar-refractivity contribution in [1.82, 2.24) is 4.31 Å². The van der Waals surface area contributed by atoms with Gasteiger partial charge in [0.25, 0.3) is 0 Å². The van der Waals surface area contributed by atoms with Crippen molar-refractivity contribution in [3.63, 3.8) is 0 Å². The van der Waals surface area contributed by atoms with Gasteiger partial charge in [-0.1, -0.05) is 6.07 Å². The van der Waals surface area contributed by atoms with E-state index in [0.29, 0.717) is 12.8 Å². The normalized spacial score (nSPS) is 22.5. The summed E-state index contributed by atoms with van der Waals surface area (Å²) >= 11 is 0. The zero-order chi connectivity index (χ0) is 17.2. The second-order valence-corrected chi connectivity index (χ2v) is 7.53. The zero-order valence-corrected chi connectivity index (χ0v) is 13.4. The first kappa shape index (κ1) is 17.4. The minimum absolute atomic E-state index is 0.0342. The fourth-order valence-corrected chi connectivity index (χ4v) is 4.76. The van der Waals surface area contributed by atoms with Crippen LogP contribution in [0.3, 0.4) is 0 Å². The second kappa shape index (κ2) is 6.64. The first-order valence-corrected chi connectivity index (χ1v) is 8.78. The Kier molecular flexibility index (Phi) is 5.02. The SMILES string of the molecule is C[C@@H]1[C@H](C(=O)O)CCCN1S(=O)(=O)Cc1ccc(F)cc1C#N. The molecular formula is C15H17FN2O4S. The van der Waals surface area contributed by atoms with Gasteiger partial charge in [0.2, 0.25) is 10.0 Å². The van der Waals surface area contributed by atoms with E-state index in [2.05, 4.69) is 0 Å². The van der Waals surface area contributed by atoms with E-state index in [1.807, 2.05) is 0 Å². The topological polar surface area (TPSA) is 98.5 Å². The van der Waals surface area contributed by atoms with Crippen LogP contribution in [0.15, 0.2) is 18.2 Å². The number of nitrogens with zero attached hydrogens (tertiary/aromatic N) is 2. The van der Waals surface area contributed by atoms with Gasteiger partial charge in [-0.25, -0.2) is 12.8 Å². The van der Waals surface area contributed by atoms with Crippen LogP contribution < -0.4 is 0 Å². The maximum absolute atomic E-state index is 13.1. The molecule has 0 aromatic heterocycles. The van der Waals surface area contributed by atoms with Gasteiger partial charge in [-0.15, -0.1) is 0 Å². The van der Waals surface area contributed by atoms with Crippen LogP contribution in [0.4, 0.5) is 4.39 Å². The predicted molar refractivity (Wildman–Crippen MR) is 80.3 cm³/mol. The lowest BCUT2D eigenvalue weighted by atomic mass is 9.92. The molecule has 1 aromatic carbocycles. The molecule has 23 heavy (non-hydrogen) atoms. The average molecular weight is 340 g/mol. The molecule has 6 nitrogen and oxygen atoms in total. The van der Waals surface area contributed by atoms with Gasteiger partial charge in [0.05, 0.1) is 23.3 Å². The monoisotopic (exact) mass is 340 g/mol. The van der Waals surface area contributed by atoms with Crippen molar-refractivity contribution in [3.05, 3.63) is 35.1 Å². The number of hydrogen-bond acceptors (Lipinski definition) is 4. The summed E-state index contributed by atoms with van der Waals surface area (Å²) in [6.45, 7) is 1.82. The Morgan fingerprint density at radius 2 is 2.22 bits per heavy atom. The molecule has 0 aliphatic carbocycles. The van der Waals surface area contributed by atoms with E-state index in [1.54, 1.807) is 13.0 Å². The minimum Gasteiger partial charge on any atom is -0.481 e. The molecule has 1 aliphatic rings. The molecule has 2 atom stereocenters. The number of carbonyl (C=O) groups is 1. The standard InChI is InChI=1S/C15H17FN2O4S/c1-10-14(15(19)20)3-2-6-18(10)23(21,22)9-11-4-5-13(16)7-12(11)8-17/h4-5,7,10,14H,2-3,6,9H2,1H3,(H,19,20)/t10-,14-/m1/s1. The quantitative estimate of drug-likeness (QED) is 0.900. The van der Waals surface area contributed by atoms with Crippen molar-refractivity contribution in [2.45, 2.75) is 31.6 Å². The largest absolute Gasteiger partial charge is 0.481 e. The van der Waals surface area contributed by atoms with E-state index >= 15 is 0 Å². The van der Waals surface area contributed by atoms with Crippen molar-refractivity contribution in [3.8, 4) is 6.07 Å². The number of rotatable bonds is 4. The Morgan fingerprint density at radius 1 is 1.52 bits per heavy atom. The molecule has 124 valence electrons. The lowest BCUT2D eigenvalue weighted by molar-refractivity contribution is -0.144. The number of nitriles is 1. The Bertz CT molecular complexity index is 757. The van der Waals surface area contributed by atoms with E-state index in [9.17, 15) is 22.7 Å². The molecule has 2 rings (SSSR count). The molecule has 0 unspecified atom stereocenters. The van der Waals surface area contributed by atoms with E-state index in [4.69, 9.17) is 5.26 Å². The number of piperidine rings is 1. The molecule has 1 fully saturated rings. The molecule has 1 N–H and O–H groups in total. The molecule has 1 saturated heterocycles. The smallest absolute Gasteiger partial charge is 0.308 e. The van der Waals surface area contributed by atoms with Gasteiger partial charge < -0.3 is 5.11 Å². The zero-order valence-electron chi connectivity index (χ0n) is 12.6. The second-order valence-electron chi connectivity index (χ2n) is 5.61. The van der Waals surface area contributed by atoms with Crippen molar-refractivity contribution in [2.75, 3.05) is 6.54 Å². The number of aliphatic carboxylic acids is 1. The van der Waals surface area contributed by atoms with Gasteiger partial charge in [0, 0.05) is 12.6 Å². The molecule has 0 radical (unpaired) electrons. The van der Waals surface area contributed by atoms with Crippen LogP contribution in [0.1, 0.15) is 30.9 Å². The molecule has 0 saturated carbocycles. The van der Waals surface area contributed by atoms with Crippen LogP contribution in [-0.2, 0) is 20.6 Å². The van der Waals surface area contributed by atoms with Gasteiger partial charge in [-0.3, -0.25) is 4.79 Å². The molecule has 0 spiro atoms. The third kappa shape index (κ3) is 3.68. The lowest BCUT2D eigenvalue weighted by Crippen LogP contribution is -2.49. The van der Waals surface area contributed by atoms with Gasteiger partial charge in [-0.2, -0.15) is 9.57 Å². The fraction of sp³-hybridized carbons (Fsp3) is 0.467. The maximum Gasteiger partial charge on any atom is 0.308 e. The number of hydrogen-bond donors (Lipinski definition) is 1. The first-order valence-electron chi connectivity index (χ1n) is 7.17. The summed E-state index contributed by atoms with van der Waals surface area (Å²) in [5.74, 6) is -2.83. The number of halogens is 1. The van der Waals surface area contributed by atoms with Gasteiger partial charge >= 0.3 is 5.97 Å². The van der Waals surface area contributed by atoms with Gasteiger partial charge in [-0.05, 0) is 37.5 Å². The highest BCUT2D eigenvalue weighted by Gasteiger charge is 2.38. The molecule has 1 heterocycles. The summed E-state index contributed by atoms with van der Waals surface area (Å²) in [5, 5.41) is 18.2. The molecular weight excluding hydrogens is 323 g/mol.